The van der Waals surface area contributed by atoms with E-state index < -0.39 is 0 Å². The topological polar surface area (TPSA) is 42.0 Å². The summed E-state index contributed by atoms with van der Waals surface area (Å²) in [5, 5.41) is 2.81. The summed E-state index contributed by atoms with van der Waals surface area (Å²) in [6.45, 7) is 0.413. The van der Waals surface area contributed by atoms with Crippen molar-refractivity contribution >= 4 is 5.78 Å². The Bertz CT molecular complexity index is 246. The Morgan fingerprint density at radius 3 is 3.00 bits per heavy atom. The van der Waals surface area contributed by atoms with Gasteiger partial charge < -0.3 is 5.32 Å². The number of nitrogens with zero attached hydrogens (tertiary/aromatic N) is 1. The van der Waals surface area contributed by atoms with Crippen molar-refractivity contribution in [1.29, 1.82) is 0 Å². The van der Waals surface area contributed by atoms with Crippen molar-refractivity contribution < 1.29 is 4.79 Å². The average Bonchev–Trinajstić information content (AvgIpc) is 2.06. The number of pyridine rings is 1. The zero-order valence-corrected chi connectivity index (χ0v) is 7.08. The highest BCUT2D eigenvalue weighted by atomic mass is 16.1. The van der Waals surface area contributed by atoms with Crippen LogP contribution in [0.4, 0.5) is 0 Å². The minimum absolute atomic E-state index is 0.163. The van der Waals surface area contributed by atoms with Gasteiger partial charge in [0.15, 0.2) is 5.78 Å². The molecule has 1 rings (SSSR count). The number of carbonyl (C=O) groups is 1. The fourth-order valence-electron chi connectivity index (χ4n) is 0.964. The third-order valence-electron chi connectivity index (χ3n) is 1.48. The normalized spacial score (nSPS) is 9.75. The highest BCUT2D eigenvalue weighted by Crippen LogP contribution is 1.94. The van der Waals surface area contributed by atoms with Crippen LogP contribution in [0.1, 0.15) is 5.69 Å². The first-order valence-corrected chi connectivity index (χ1v) is 3.89. The van der Waals surface area contributed by atoms with Crippen LogP contribution in [0.5, 0.6) is 0 Å². The zero-order chi connectivity index (χ0) is 8.81. The lowest BCUT2D eigenvalue weighted by molar-refractivity contribution is -0.117. The van der Waals surface area contributed by atoms with Gasteiger partial charge in [-0.15, -0.1) is 0 Å². The second-order valence-electron chi connectivity index (χ2n) is 2.57. The van der Waals surface area contributed by atoms with Gasteiger partial charge in [0.25, 0.3) is 0 Å². The largest absolute Gasteiger partial charge is 0.313 e. The molecule has 1 heterocycles. The Kier molecular flexibility index (Phi) is 3.41. The number of hydrogen-bond donors (Lipinski definition) is 1. The third-order valence-corrected chi connectivity index (χ3v) is 1.48. The monoisotopic (exact) mass is 164 g/mol. The molecule has 0 aliphatic carbocycles. The van der Waals surface area contributed by atoms with E-state index in [4.69, 9.17) is 0 Å². The molecule has 0 amide bonds. The third kappa shape index (κ3) is 2.80. The predicted octanol–water partition coefficient (Wildman–Crippen LogP) is 0.413. The second-order valence-corrected chi connectivity index (χ2v) is 2.57. The summed E-state index contributed by atoms with van der Waals surface area (Å²) in [6.07, 6.45) is 2.11. The van der Waals surface area contributed by atoms with Crippen LogP contribution in [0.15, 0.2) is 24.4 Å². The van der Waals surface area contributed by atoms with Gasteiger partial charge in [-0.25, -0.2) is 0 Å². The number of Topliss-reactive ketones (excluding diaryl/α,β-unsaturated/α-hetero) is 1. The van der Waals surface area contributed by atoms with Crippen LogP contribution in [-0.4, -0.2) is 24.4 Å². The highest BCUT2D eigenvalue weighted by Gasteiger charge is 2.01. The number of likely N-dealkylation sites (N-methyl/N-ethyl adjacent to an activating group) is 1. The fourth-order valence-corrected chi connectivity index (χ4v) is 0.964. The summed E-state index contributed by atoms with van der Waals surface area (Å²) in [5.74, 6) is 0.163. The summed E-state index contributed by atoms with van der Waals surface area (Å²) in [5.41, 5.74) is 0.831. The summed E-state index contributed by atoms with van der Waals surface area (Å²) < 4.78 is 0. The molecule has 0 spiro atoms. The summed E-state index contributed by atoms with van der Waals surface area (Å²) >= 11 is 0. The van der Waals surface area contributed by atoms with Crippen LogP contribution in [-0.2, 0) is 11.2 Å². The molecule has 0 bridgehead atoms. The Labute approximate surface area is 71.8 Å². The average molecular weight is 164 g/mol. The Hall–Kier alpha value is -1.22. The van der Waals surface area contributed by atoms with E-state index in [1.54, 1.807) is 13.2 Å². The first-order chi connectivity index (χ1) is 5.83. The summed E-state index contributed by atoms with van der Waals surface area (Å²) in [4.78, 5) is 15.2. The van der Waals surface area contributed by atoms with Gasteiger partial charge in [-0.3, -0.25) is 9.78 Å². The molecule has 0 unspecified atom stereocenters. The lowest BCUT2D eigenvalue weighted by Gasteiger charge is -1.98. The Morgan fingerprint density at radius 1 is 1.58 bits per heavy atom. The van der Waals surface area contributed by atoms with Crippen molar-refractivity contribution in [2.24, 2.45) is 0 Å². The van der Waals surface area contributed by atoms with Gasteiger partial charge in [-0.05, 0) is 19.2 Å². The highest BCUT2D eigenvalue weighted by molar-refractivity contribution is 5.82. The minimum Gasteiger partial charge on any atom is -0.313 e. The van der Waals surface area contributed by atoms with E-state index in [1.807, 2.05) is 18.2 Å². The molecule has 0 saturated carbocycles. The Balaban J connectivity index is 2.47. The van der Waals surface area contributed by atoms with E-state index in [1.165, 1.54) is 0 Å². The standard InChI is InChI=1S/C9H12N2O/c1-10-7-9(12)6-8-4-2-3-5-11-8/h2-5,10H,6-7H2,1H3. The molecule has 0 aromatic carbocycles. The van der Waals surface area contributed by atoms with Crippen molar-refractivity contribution in [2.45, 2.75) is 6.42 Å². The van der Waals surface area contributed by atoms with Gasteiger partial charge >= 0.3 is 0 Å². The lowest BCUT2D eigenvalue weighted by Crippen LogP contribution is -2.20. The smallest absolute Gasteiger partial charge is 0.152 e. The van der Waals surface area contributed by atoms with Crippen molar-refractivity contribution in [2.75, 3.05) is 13.6 Å². The van der Waals surface area contributed by atoms with Crippen LogP contribution >= 0.6 is 0 Å². The van der Waals surface area contributed by atoms with Crippen molar-refractivity contribution in [3.63, 3.8) is 0 Å². The van der Waals surface area contributed by atoms with Crippen molar-refractivity contribution in [3.05, 3.63) is 30.1 Å². The van der Waals surface area contributed by atoms with E-state index in [9.17, 15) is 4.79 Å². The number of ketones is 1. The molecule has 0 atom stereocenters. The quantitative estimate of drug-likeness (QED) is 0.701. The maximum atomic E-state index is 11.1. The van der Waals surface area contributed by atoms with E-state index >= 15 is 0 Å². The lowest BCUT2D eigenvalue weighted by atomic mass is 10.2. The number of aromatic nitrogens is 1. The fraction of sp³-hybridized carbons (Fsp3) is 0.333. The van der Waals surface area contributed by atoms with Crippen LogP contribution in [0.25, 0.3) is 0 Å². The summed E-state index contributed by atoms with van der Waals surface area (Å²) in [6, 6.07) is 5.58. The molecule has 3 heteroatoms. The molecule has 3 nitrogen and oxygen atoms in total. The second kappa shape index (κ2) is 4.62. The molecule has 1 N–H and O–H groups in total. The van der Waals surface area contributed by atoms with Crippen LogP contribution in [0.2, 0.25) is 0 Å². The van der Waals surface area contributed by atoms with Gasteiger partial charge in [0.05, 0.1) is 13.0 Å². The molecule has 0 aliphatic heterocycles. The maximum absolute atomic E-state index is 11.1. The van der Waals surface area contributed by atoms with Crippen LogP contribution in [0, 0.1) is 0 Å². The van der Waals surface area contributed by atoms with Crippen molar-refractivity contribution in [3.8, 4) is 0 Å². The molecule has 64 valence electrons. The van der Waals surface area contributed by atoms with E-state index in [0.29, 0.717) is 13.0 Å². The van der Waals surface area contributed by atoms with Gasteiger partial charge in [0, 0.05) is 11.9 Å². The molecule has 1 aromatic heterocycles. The molecule has 0 radical (unpaired) electrons. The van der Waals surface area contributed by atoms with Gasteiger partial charge in [0.2, 0.25) is 0 Å². The molecular weight excluding hydrogens is 152 g/mol. The molecule has 12 heavy (non-hydrogen) atoms. The Morgan fingerprint density at radius 2 is 2.42 bits per heavy atom. The molecule has 1 aromatic rings. The van der Waals surface area contributed by atoms with Crippen LogP contribution in [0.3, 0.4) is 0 Å². The van der Waals surface area contributed by atoms with E-state index in [0.717, 1.165) is 5.69 Å². The van der Waals surface area contributed by atoms with E-state index in [-0.39, 0.29) is 5.78 Å². The van der Waals surface area contributed by atoms with Crippen LogP contribution < -0.4 is 5.32 Å². The SMILES string of the molecule is CNCC(=O)Cc1ccccn1. The first kappa shape index (κ1) is 8.87. The van der Waals surface area contributed by atoms with Gasteiger partial charge in [-0.2, -0.15) is 0 Å². The predicted molar refractivity (Wildman–Crippen MR) is 46.9 cm³/mol. The zero-order valence-electron chi connectivity index (χ0n) is 7.08. The van der Waals surface area contributed by atoms with E-state index in [2.05, 4.69) is 10.3 Å². The number of hydrogen-bond acceptors (Lipinski definition) is 3. The summed E-state index contributed by atoms with van der Waals surface area (Å²) in [7, 11) is 1.76. The molecular formula is C9H12N2O. The number of nitrogens with one attached hydrogen (secondary N) is 1. The van der Waals surface area contributed by atoms with Gasteiger partial charge in [-0.1, -0.05) is 6.07 Å². The number of rotatable bonds is 4. The van der Waals surface area contributed by atoms with Crippen molar-refractivity contribution in [1.82, 2.24) is 10.3 Å². The molecule has 0 aliphatic rings. The molecule has 0 saturated heterocycles. The molecule has 0 fully saturated rings. The minimum atomic E-state index is 0.163. The number of carbonyl (C=O) groups excluding carboxylic acids is 1. The first-order valence-electron chi connectivity index (χ1n) is 3.89. The maximum Gasteiger partial charge on any atom is 0.152 e. The van der Waals surface area contributed by atoms with Gasteiger partial charge in [0.1, 0.15) is 0 Å².